The van der Waals surface area contributed by atoms with Gasteiger partial charge >= 0.3 is 5.69 Å². The van der Waals surface area contributed by atoms with Crippen LogP contribution in [0, 0.1) is 5.82 Å². The molecule has 0 bridgehead atoms. The summed E-state index contributed by atoms with van der Waals surface area (Å²) in [5, 5.41) is 9.45. The second kappa shape index (κ2) is 8.93. The van der Waals surface area contributed by atoms with E-state index in [0.717, 1.165) is 10.8 Å². The molecule has 1 aromatic heterocycles. The fourth-order valence-corrected chi connectivity index (χ4v) is 3.57. The molecule has 1 heterocycles. The van der Waals surface area contributed by atoms with Gasteiger partial charge in [-0.2, -0.15) is 4.39 Å². The van der Waals surface area contributed by atoms with Gasteiger partial charge in [0.15, 0.2) is 0 Å². The predicted molar refractivity (Wildman–Crippen MR) is 95.3 cm³/mol. The molecule has 27 heavy (non-hydrogen) atoms. The van der Waals surface area contributed by atoms with Crippen LogP contribution in [0.1, 0.15) is 24.9 Å². The molecule has 0 radical (unpaired) electrons. The smallest absolute Gasteiger partial charge is 0.330 e. The molecule has 148 valence electrons. The summed E-state index contributed by atoms with van der Waals surface area (Å²) >= 11 is 0. The van der Waals surface area contributed by atoms with Crippen molar-refractivity contribution in [2.75, 3.05) is 12.4 Å². The molecule has 0 spiro atoms. The van der Waals surface area contributed by atoms with Crippen molar-refractivity contribution in [3.8, 4) is 5.75 Å². The number of H-pyrrole nitrogens is 1. The Kier molecular flexibility index (Phi) is 6.88. The van der Waals surface area contributed by atoms with Crippen LogP contribution in [-0.4, -0.2) is 35.4 Å². The number of ether oxygens (including phenoxy) is 1. The summed E-state index contributed by atoms with van der Waals surface area (Å²) in [7, 11) is -3.60. The first-order valence-corrected chi connectivity index (χ1v) is 9.69. The maximum atomic E-state index is 13.1. The number of phenols is 1. The molecule has 2 rings (SSSR count). The molecule has 1 atom stereocenters. The van der Waals surface area contributed by atoms with Crippen LogP contribution < -0.4 is 16.0 Å². The Balaban J connectivity index is 1.80. The molecule has 0 amide bonds. The zero-order chi connectivity index (χ0) is 20.0. The molecule has 3 N–H and O–H groups in total. The second-order valence-corrected chi connectivity index (χ2v) is 7.72. The van der Waals surface area contributed by atoms with Crippen molar-refractivity contribution in [1.29, 1.82) is 0 Å². The Bertz CT molecular complexity index is 1000. The fourth-order valence-electron chi connectivity index (χ4n) is 2.28. The summed E-state index contributed by atoms with van der Waals surface area (Å²) in [6, 6.07) is 5.74. The van der Waals surface area contributed by atoms with Crippen LogP contribution in [0.15, 0.2) is 40.1 Å². The number of nitrogens with one attached hydrogen (secondary N) is 2. The van der Waals surface area contributed by atoms with Crippen molar-refractivity contribution in [2.45, 2.75) is 26.1 Å². The number of hydrogen-bond acceptors (Lipinski definition) is 6. The van der Waals surface area contributed by atoms with Crippen LogP contribution >= 0.6 is 0 Å². The minimum atomic E-state index is -3.60. The highest BCUT2D eigenvalue weighted by atomic mass is 32.2. The SMILES string of the molecule is C[C@@H](NS(=O)(=O)CCCOCn1cc(F)c(=O)[nH]c1=O)c1cccc(O)c1. The van der Waals surface area contributed by atoms with E-state index in [1.54, 1.807) is 24.0 Å². The van der Waals surface area contributed by atoms with Gasteiger partial charge < -0.3 is 9.84 Å². The minimum Gasteiger partial charge on any atom is -0.508 e. The first kappa shape index (κ1) is 20.8. The Morgan fingerprint density at radius 2 is 2.11 bits per heavy atom. The molecule has 0 aliphatic carbocycles. The minimum absolute atomic E-state index is 0.00853. The maximum Gasteiger partial charge on any atom is 0.330 e. The van der Waals surface area contributed by atoms with E-state index in [9.17, 15) is 27.5 Å². The van der Waals surface area contributed by atoms with E-state index in [-0.39, 0.29) is 31.3 Å². The van der Waals surface area contributed by atoms with Crippen molar-refractivity contribution in [2.24, 2.45) is 0 Å². The first-order valence-electron chi connectivity index (χ1n) is 8.04. The van der Waals surface area contributed by atoms with Crippen molar-refractivity contribution < 1.29 is 22.7 Å². The van der Waals surface area contributed by atoms with Gasteiger partial charge in [0, 0.05) is 12.6 Å². The molecular formula is C16H20FN3O6S. The van der Waals surface area contributed by atoms with Crippen molar-refractivity contribution in [3.63, 3.8) is 0 Å². The Hall–Kier alpha value is -2.50. The number of nitrogens with zero attached hydrogens (tertiary/aromatic N) is 1. The number of halogens is 1. The molecule has 1 aromatic carbocycles. The molecule has 11 heteroatoms. The topological polar surface area (TPSA) is 130 Å². The predicted octanol–water partition coefficient (Wildman–Crippen LogP) is 0.426. The molecule has 2 aromatic rings. The first-order chi connectivity index (χ1) is 12.7. The highest BCUT2D eigenvalue weighted by molar-refractivity contribution is 7.89. The number of phenolic OH excluding ortho intramolecular Hbond substituents is 1. The number of sulfonamides is 1. The Labute approximate surface area is 154 Å². The number of aromatic amines is 1. The molecule has 0 saturated heterocycles. The number of benzene rings is 1. The average molecular weight is 401 g/mol. The van der Waals surface area contributed by atoms with Gasteiger partial charge in [0.1, 0.15) is 12.5 Å². The van der Waals surface area contributed by atoms with Gasteiger partial charge in [0.25, 0.3) is 5.56 Å². The highest BCUT2D eigenvalue weighted by Gasteiger charge is 2.16. The Morgan fingerprint density at radius 1 is 1.37 bits per heavy atom. The molecular weight excluding hydrogens is 381 g/mol. The molecule has 9 nitrogen and oxygen atoms in total. The zero-order valence-electron chi connectivity index (χ0n) is 14.5. The van der Waals surface area contributed by atoms with E-state index < -0.39 is 33.1 Å². The van der Waals surface area contributed by atoms with Gasteiger partial charge in [-0.05, 0) is 31.0 Å². The molecule has 0 saturated carbocycles. The van der Waals surface area contributed by atoms with Gasteiger partial charge in [0.05, 0.1) is 11.9 Å². The van der Waals surface area contributed by atoms with Gasteiger partial charge in [-0.1, -0.05) is 12.1 Å². The van der Waals surface area contributed by atoms with Crippen LogP contribution in [0.25, 0.3) is 0 Å². The summed E-state index contributed by atoms with van der Waals surface area (Å²) < 4.78 is 45.8. The Morgan fingerprint density at radius 3 is 2.81 bits per heavy atom. The van der Waals surface area contributed by atoms with Crippen molar-refractivity contribution in [1.82, 2.24) is 14.3 Å². The number of aromatic hydroxyl groups is 1. The number of aromatic nitrogens is 2. The van der Waals surface area contributed by atoms with E-state index in [1.807, 2.05) is 0 Å². The lowest BCUT2D eigenvalue weighted by molar-refractivity contribution is 0.0736. The van der Waals surface area contributed by atoms with Crippen molar-refractivity contribution in [3.05, 3.63) is 62.7 Å². The van der Waals surface area contributed by atoms with E-state index in [4.69, 9.17) is 4.74 Å². The number of hydrogen-bond donors (Lipinski definition) is 3. The van der Waals surface area contributed by atoms with Gasteiger partial charge in [-0.15, -0.1) is 0 Å². The lowest BCUT2D eigenvalue weighted by Crippen LogP contribution is -2.32. The van der Waals surface area contributed by atoms with E-state index in [1.165, 1.54) is 12.1 Å². The summed E-state index contributed by atoms with van der Waals surface area (Å²) in [4.78, 5) is 24.1. The van der Waals surface area contributed by atoms with Gasteiger partial charge in [-0.25, -0.2) is 17.9 Å². The fraction of sp³-hybridized carbons (Fsp3) is 0.375. The van der Waals surface area contributed by atoms with Crippen molar-refractivity contribution >= 4 is 10.0 Å². The van der Waals surface area contributed by atoms with Crippen LogP contribution in [0.5, 0.6) is 5.75 Å². The third kappa shape index (κ3) is 6.31. The largest absolute Gasteiger partial charge is 0.508 e. The lowest BCUT2D eigenvalue weighted by atomic mass is 10.1. The van der Waals surface area contributed by atoms with E-state index in [0.29, 0.717) is 5.56 Å². The normalized spacial score (nSPS) is 12.8. The van der Waals surface area contributed by atoms with E-state index >= 15 is 0 Å². The standard InChI is InChI=1S/C16H20FN3O6S/c1-11(12-4-2-5-13(21)8-12)19-27(24,25)7-3-6-26-10-20-9-14(17)15(22)18-16(20)23/h2,4-5,8-9,11,19,21H,3,6-7,10H2,1H3,(H,18,22,23)/t11-/m1/s1. The lowest BCUT2D eigenvalue weighted by Gasteiger charge is -2.15. The summed E-state index contributed by atoms with van der Waals surface area (Å²) in [5.41, 5.74) is -1.32. The molecule has 0 unspecified atom stereocenters. The third-order valence-electron chi connectivity index (χ3n) is 3.63. The van der Waals surface area contributed by atoms with Gasteiger partial charge in [0.2, 0.25) is 15.8 Å². The quantitative estimate of drug-likeness (QED) is 0.522. The average Bonchev–Trinajstić information content (AvgIpc) is 2.58. The summed E-state index contributed by atoms with van der Waals surface area (Å²) in [6.07, 6.45) is 0.860. The summed E-state index contributed by atoms with van der Waals surface area (Å²) in [5.74, 6) is -1.29. The molecule has 0 fully saturated rings. The maximum absolute atomic E-state index is 13.1. The monoisotopic (exact) mass is 401 g/mol. The van der Waals surface area contributed by atoms with Crippen LogP contribution in [-0.2, 0) is 21.5 Å². The number of rotatable bonds is 9. The third-order valence-corrected chi connectivity index (χ3v) is 5.16. The van der Waals surface area contributed by atoms with Crippen LogP contribution in [0.3, 0.4) is 0 Å². The second-order valence-electron chi connectivity index (χ2n) is 5.85. The molecule has 0 aliphatic heterocycles. The van der Waals surface area contributed by atoms with Crippen LogP contribution in [0.2, 0.25) is 0 Å². The highest BCUT2D eigenvalue weighted by Crippen LogP contribution is 2.18. The van der Waals surface area contributed by atoms with Gasteiger partial charge in [-0.3, -0.25) is 14.3 Å². The molecule has 0 aliphatic rings. The van der Waals surface area contributed by atoms with Crippen LogP contribution in [0.4, 0.5) is 4.39 Å². The summed E-state index contributed by atoms with van der Waals surface area (Å²) in [6.45, 7) is 1.34. The van der Waals surface area contributed by atoms with E-state index in [2.05, 4.69) is 4.72 Å². The zero-order valence-corrected chi connectivity index (χ0v) is 15.3.